The van der Waals surface area contributed by atoms with Crippen molar-refractivity contribution in [3.8, 4) is 0 Å². The van der Waals surface area contributed by atoms with Crippen molar-refractivity contribution in [3.63, 3.8) is 0 Å². The fourth-order valence-electron chi connectivity index (χ4n) is 4.21. The molecule has 0 bridgehead atoms. The van der Waals surface area contributed by atoms with Crippen molar-refractivity contribution >= 4 is 5.91 Å². The third-order valence-corrected chi connectivity index (χ3v) is 6.10. The number of nitrogens with zero attached hydrogens (tertiary/aromatic N) is 3. The first kappa shape index (κ1) is 17.0. The van der Waals surface area contributed by atoms with Crippen LogP contribution in [0.4, 0.5) is 0 Å². The number of carbonyl (C=O) groups is 1. The van der Waals surface area contributed by atoms with Gasteiger partial charge in [-0.15, -0.1) is 0 Å². The van der Waals surface area contributed by atoms with Crippen molar-refractivity contribution in [2.45, 2.75) is 44.6 Å². The van der Waals surface area contributed by atoms with Crippen molar-refractivity contribution < 1.29 is 9.32 Å². The molecule has 0 unspecified atom stereocenters. The van der Waals surface area contributed by atoms with Crippen LogP contribution in [0.25, 0.3) is 0 Å². The Balaban J connectivity index is 1.28. The normalized spacial score (nSPS) is 29.2. The molecule has 3 fully saturated rings. The summed E-state index contributed by atoms with van der Waals surface area (Å²) in [6, 6.07) is 2.03. The number of aromatic nitrogens is 1. The van der Waals surface area contributed by atoms with Crippen LogP contribution in [-0.4, -0.2) is 66.7 Å². The molecule has 1 aromatic rings. The number of likely N-dealkylation sites (tertiary alicyclic amines) is 2. The maximum atomic E-state index is 12.5. The Morgan fingerprint density at radius 3 is 2.76 bits per heavy atom. The molecule has 1 amide bonds. The van der Waals surface area contributed by atoms with Crippen molar-refractivity contribution in [2.24, 2.45) is 11.8 Å². The molecule has 4 rings (SSSR count). The number of rotatable bonds is 5. The van der Waals surface area contributed by atoms with Gasteiger partial charge >= 0.3 is 0 Å². The zero-order valence-corrected chi connectivity index (χ0v) is 15.4. The van der Waals surface area contributed by atoms with Crippen LogP contribution in [-0.2, 0) is 0 Å². The van der Waals surface area contributed by atoms with Gasteiger partial charge in [-0.25, -0.2) is 0 Å². The number of amides is 1. The van der Waals surface area contributed by atoms with Crippen LogP contribution in [0.3, 0.4) is 0 Å². The smallest absolute Gasteiger partial charge is 0.273 e. The molecule has 2 aliphatic heterocycles. The van der Waals surface area contributed by atoms with Crippen LogP contribution >= 0.6 is 0 Å². The van der Waals surface area contributed by atoms with Gasteiger partial charge in [-0.05, 0) is 57.7 Å². The van der Waals surface area contributed by atoms with Crippen molar-refractivity contribution in [1.82, 2.24) is 20.3 Å². The van der Waals surface area contributed by atoms with E-state index in [1.807, 2.05) is 6.07 Å². The molecule has 138 valence electrons. The zero-order valence-electron chi connectivity index (χ0n) is 15.4. The Kier molecular flexibility index (Phi) is 4.82. The summed E-state index contributed by atoms with van der Waals surface area (Å²) in [5.74, 6) is 2.55. The lowest BCUT2D eigenvalue weighted by Gasteiger charge is -2.31. The van der Waals surface area contributed by atoms with Crippen LogP contribution in [0.15, 0.2) is 10.6 Å². The van der Waals surface area contributed by atoms with E-state index in [-0.39, 0.29) is 11.9 Å². The second kappa shape index (κ2) is 7.08. The number of piperidine rings is 1. The van der Waals surface area contributed by atoms with Gasteiger partial charge in [0.05, 0.1) is 0 Å². The maximum Gasteiger partial charge on any atom is 0.273 e. The minimum Gasteiger partial charge on any atom is -0.360 e. The van der Waals surface area contributed by atoms with Crippen molar-refractivity contribution in [1.29, 1.82) is 0 Å². The van der Waals surface area contributed by atoms with E-state index in [0.29, 0.717) is 17.5 Å². The highest BCUT2D eigenvalue weighted by molar-refractivity contribution is 5.92. The van der Waals surface area contributed by atoms with Gasteiger partial charge < -0.3 is 19.6 Å². The summed E-state index contributed by atoms with van der Waals surface area (Å²) in [4.78, 5) is 17.4. The van der Waals surface area contributed by atoms with Gasteiger partial charge in [0.25, 0.3) is 5.91 Å². The van der Waals surface area contributed by atoms with E-state index < -0.39 is 0 Å². The Morgan fingerprint density at radius 1 is 1.28 bits per heavy atom. The Labute approximate surface area is 149 Å². The van der Waals surface area contributed by atoms with Crippen LogP contribution < -0.4 is 5.32 Å². The first-order chi connectivity index (χ1) is 12.1. The zero-order chi connectivity index (χ0) is 17.4. The molecule has 0 radical (unpaired) electrons. The molecule has 6 nitrogen and oxygen atoms in total. The third kappa shape index (κ3) is 4.06. The molecule has 1 N–H and O–H groups in total. The monoisotopic (exact) mass is 346 g/mol. The topological polar surface area (TPSA) is 61.6 Å². The first-order valence-corrected chi connectivity index (χ1v) is 9.77. The van der Waals surface area contributed by atoms with E-state index in [2.05, 4.69) is 34.2 Å². The second-order valence-corrected chi connectivity index (χ2v) is 8.41. The van der Waals surface area contributed by atoms with Gasteiger partial charge in [0, 0.05) is 37.7 Å². The van der Waals surface area contributed by atoms with E-state index in [9.17, 15) is 4.79 Å². The van der Waals surface area contributed by atoms with E-state index in [1.165, 1.54) is 32.5 Å². The van der Waals surface area contributed by atoms with Crippen LogP contribution in [0.5, 0.6) is 0 Å². The highest BCUT2D eigenvalue weighted by Crippen LogP contribution is 2.40. The summed E-state index contributed by atoms with van der Waals surface area (Å²) in [7, 11) is 2.21. The molecule has 25 heavy (non-hydrogen) atoms. The Bertz CT molecular complexity index is 604. The Morgan fingerprint density at radius 2 is 2.04 bits per heavy atom. The first-order valence-electron chi connectivity index (χ1n) is 9.77. The summed E-state index contributed by atoms with van der Waals surface area (Å²) >= 11 is 0. The number of nitrogens with one attached hydrogen (secondary N) is 1. The lowest BCUT2D eigenvalue weighted by molar-refractivity contribution is 0.0921. The van der Waals surface area contributed by atoms with Gasteiger partial charge in [0.1, 0.15) is 5.76 Å². The molecule has 2 atom stereocenters. The summed E-state index contributed by atoms with van der Waals surface area (Å²) in [6.45, 7) is 7.85. The van der Waals surface area contributed by atoms with E-state index in [4.69, 9.17) is 4.52 Å². The summed E-state index contributed by atoms with van der Waals surface area (Å²) in [5.41, 5.74) is 0.433. The predicted molar refractivity (Wildman–Crippen MR) is 95.6 cm³/mol. The van der Waals surface area contributed by atoms with Crippen molar-refractivity contribution in [2.75, 3.05) is 39.8 Å². The molecular formula is C19H30N4O2. The predicted octanol–water partition coefficient (Wildman–Crippen LogP) is 1.94. The lowest BCUT2D eigenvalue weighted by Crippen LogP contribution is -2.41. The second-order valence-electron chi connectivity index (χ2n) is 8.41. The SMILES string of the molecule is C[C@@H]1CN(CC2CCN(C)CC2)C[C@@H]1NC(=O)c1cc(C2CC2)on1. The summed E-state index contributed by atoms with van der Waals surface area (Å²) in [5, 5.41) is 7.14. The number of hydrogen-bond donors (Lipinski definition) is 1. The molecular weight excluding hydrogens is 316 g/mol. The maximum absolute atomic E-state index is 12.5. The highest BCUT2D eigenvalue weighted by atomic mass is 16.5. The van der Waals surface area contributed by atoms with Gasteiger partial charge in [-0.2, -0.15) is 0 Å². The molecule has 6 heteroatoms. The van der Waals surface area contributed by atoms with Gasteiger partial charge in [0.15, 0.2) is 5.69 Å². The minimum atomic E-state index is -0.0892. The van der Waals surface area contributed by atoms with E-state index in [1.54, 1.807) is 0 Å². The van der Waals surface area contributed by atoms with Crippen LogP contribution in [0.2, 0.25) is 0 Å². The summed E-state index contributed by atoms with van der Waals surface area (Å²) < 4.78 is 5.31. The minimum absolute atomic E-state index is 0.0892. The quantitative estimate of drug-likeness (QED) is 0.883. The standard InChI is InChI=1S/C19H30N4O2/c1-13-10-23(11-14-5-7-22(2)8-6-14)12-17(13)20-19(24)16-9-18(25-21-16)15-3-4-15/h9,13-15,17H,3-8,10-12H2,1-2H3,(H,20,24)/t13-,17+/m1/s1. The fraction of sp³-hybridized carbons (Fsp3) is 0.789. The summed E-state index contributed by atoms with van der Waals surface area (Å²) in [6.07, 6.45) is 4.90. The Hall–Kier alpha value is -1.40. The molecule has 1 aliphatic carbocycles. The average Bonchev–Trinajstić information content (AvgIpc) is 3.22. The molecule has 1 aromatic heterocycles. The van der Waals surface area contributed by atoms with Crippen LogP contribution in [0, 0.1) is 11.8 Å². The molecule has 3 aliphatic rings. The number of hydrogen-bond acceptors (Lipinski definition) is 5. The largest absolute Gasteiger partial charge is 0.360 e. The lowest BCUT2D eigenvalue weighted by atomic mass is 9.97. The van der Waals surface area contributed by atoms with E-state index >= 15 is 0 Å². The van der Waals surface area contributed by atoms with Gasteiger partial charge in [-0.3, -0.25) is 4.79 Å². The molecule has 1 saturated carbocycles. The average molecular weight is 346 g/mol. The molecule has 0 spiro atoms. The molecule has 2 saturated heterocycles. The van der Waals surface area contributed by atoms with Gasteiger partial charge in [0.2, 0.25) is 0 Å². The van der Waals surface area contributed by atoms with Crippen molar-refractivity contribution in [3.05, 3.63) is 17.5 Å². The fourth-order valence-corrected chi connectivity index (χ4v) is 4.21. The van der Waals surface area contributed by atoms with Crippen LogP contribution in [0.1, 0.15) is 54.8 Å². The third-order valence-electron chi connectivity index (χ3n) is 6.10. The van der Waals surface area contributed by atoms with E-state index in [0.717, 1.165) is 37.6 Å². The van der Waals surface area contributed by atoms with Gasteiger partial charge in [-0.1, -0.05) is 12.1 Å². The molecule has 3 heterocycles. The molecule has 0 aromatic carbocycles. The number of carbonyl (C=O) groups excluding carboxylic acids is 1. The highest BCUT2D eigenvalue weighted by Gasteiger charge is 2.34.